The van der Waals surface area contributed by atoms with Gasteiger partial charge in [0.05, 0.1) is 5.54 Å². The van der Waals surface area contributed by atoms with E-state index in [2.05, 4.69) is 55.8 Å². The minimum Gasteiger partial charge on any atom is -0.341 e. The quantitative estimate of drug-likeness (QED) is 0.797. The van der Waals surface area contributed by atoms with Crippen LogP contribution in [0.4, 0.5) is 0 Å². The van der Waals surface area contributed by atoms with Crippen LogP contribution < -0.4 is 5.73 Å². The number of rotatable bonds is 2. The minimum absolute atomic E-state index is 0.0183. The highest BCUT2D eigenvalue weighted by molar-refractivity contribution is 5.83. The normalized spacial score (nSPS) is 12.3. The lowest BCUT2D eigenvalue weighted by molar-refractivity contribution is 0.379. The highest BCUT2D eigenvalue weighted by atomic mass is 15.1. The summed E-state index contributed by atoms with van der Waals surface area (Å²) in [5, 5.41) is 1.32. The number of hydrogen-bond donors (Lipinski definition) is 1. The van der Waals surface area contributed by atoms with Crippen molar-refractivity contribution >= 4 is 10.9 Å². The number of fused-ring (bicyclic) bond motifs is 1. The van der Waals surface area contributed by atoms with Crippen molar-refractivity contribution in [1.29, 1.82) is 0 Å². The predicted molar refractivity (Wildman–Crippen MR) is 65.1 cm³/mol. The molecule has 0 atom stereocenters. The van der Waals surface area contributed by atoms with Gasteiger partial charge in [-0.3, -0.25) is 0 Å². The highest BCUT2D eigenvalue weighted by Crippen LogP contribution is 2.25. The van der Waals surface area contributed by atoms with Gasteiger partial charge in [0.25, 0.3) is 0 Å². The molecule has 2 heteroatoms. The highest BCUT2D eigenvalue weighted by Gasteiger charge is 2.19. The Balaban J connectivity index is 2.69. The third kappa shape index (κ3) is 1.55. The molecule has 15 heavy (non-hydrogen) atoms. The van der Waals surface area contributed by atoms with Crippen molar-refractivity contribution in [1.82, 2.24) is 4.57 Å². The van der Waals surface area contributed by atoms with Gasteiger partial charge in [-0.1, -0.05) is 12.1 Å². The summed E-state index contributed by atoms with van der Waals surface area (Å²) in [6, 6.07) is 8.56. The zero-order valence-corrected chi connectivity index (χ0v) is 9.62. The smallest absolute Gasteiger partial charge is 0.0511 e. The van der Waals surface area contributed by atoms with Crippen LogP contribution in [-0.2, 0) is 5.54 Å². The summed E-state index contributed by atoms with van der Waals surface area (Å²) in [5.41, 5.74) is 8.37. The molecule has 0 fully saturated rings. The topological polar surface area (TPSA) is 30.9 Å². The molecule has 0 saturated heterocycles. The molecule has 0 bridgehead atoms. The Morgan fingerprint density at radius 1 is 1.27 bits per heavy atom. The van der Waals surface area contributed by atoms with Crippen molar-refractivity contribution in [3.8, 4) is 0 Å². The maximum absolute atomic E-state index is 5.81. The predicted octanol–water partition coefficient (Wildman–Crippen LogP) is 2.64. The molecule has 0 amide bonds. The largest absolute Gasteiger partial charge is 0.341 e. The Labute approximate surface area is 90.7 Å². The molecule has 80 valence electrons. The van der Waals surface area contributed by atoms with Crippen LogP contribution in [0.25, 0.3) is 10.9 Å². The molecule has 1 heterocycles. The summed E-state index contributed by atoms with van der Waals surface area (Å²) in [5.74, 6) is 0. The minimum atomic E-state index is -0.0183. The third-order valence-corrected chi connectivity index (χ3v) is 3.10. The van der Waals surface area contributed by atoms with Crippen molar-refractivity contribution in [3.05, 3.63) is 36.0 Å². The molecular formula is C13H18N2. The molecule has 0 radical (unpaired) electrons. The van der Waals surface area contributed by atoms with Gasteiger partial charge in [0.15, 0.2) is 0 Å². The second kappa shape index (κ2) is 3.38. The average molecular weight is 202 g/mol. The van der Waals surface area contributed by atoms with Crippen molar-refractivity contribution in [3.63, 3.8) is 0 Å². The molecule has 2 rings (SSSR count). The van der Waals surface area contributed by atoms with Crippen LogP contribution in [0, 0.1) is 6.92 Å². The van der Waals surface area contributed by atoms with Gasteiger partial charge in [0.2, 0.25) is 0 Å². The fourth-order valence-electron chi connectivity index (χ4n) is 1.95. The molecule has 0 aliphatic rings. The van der Waals surface area contributed by atoms with Gasteiger partial charge in [-0.05, 0) is 38.5 Å². The van der Waals surface area contributed by atoms with Gasteiger partial charge in [-0.2, -0.15) is 0 Å². The van der Waals surface area contributed by atoms with Gasteiger partial charge < -0.3 is 10.3 Å². The summed E-state index contributed by atoms with van der Waals surface area (Å²) in [7, 11) is 0. The molecule has 2 N–H and O–H groups in total. The Kier molecular flexibility index (Phi) is 2.31. The van der Waals surface area contributed by atoms with Crippen LogP contribution in [0.15, 0.2) is 30.5 Å². The van der Waals surface area contributed by atoms with Gasteiger partial charge in [-0.15, -0.1) is 0 Å². The van der Waals surface area contributed by atoms with Crippen LogP contribution in [0.3, 0.4) is 0 Å². The Bertz CT molecular complexity index is 480. The average Bonchev–Trinajstić information content (AvgIpc) is 2.63. The van der Waals surface area contributed by atoms with E-state index in [0.29, 0.717) is 6.54 Å². The second-order valence-corrected chi connectivity index (χ2v) is 4.71. The van der Waals surface area contributed by atoms with Gasteiger partial charge >= 0.3 is 0 Å². The van der Waals surface area contributed by atoms with Crippen molar-refractivity contribution in [2.24, 2.45) is 5.73 Å². The summed E-state index contributed by atoms with van der Waals surface area (Å²) in [6.07, 6.45) is 2.13. The number of aryl methyl sites for hydroxylation is 1. The van der Waals surface area contributed by atoms with Gasteiger partial charge in [0, 0.05) is 23.6 Å². The van der Waals surface area contributed by atoms with E-state index in [1.807, 2.05) is 0 Å². The van der Waals surface area contributed by atoms with Gasteiger partial charge in [-0.25, -0.2) is 0 Å². The van der Waals surface area contributed by atoms with E-state index < -0.39 is 0 Å². The van der Waals surface area contributed by atoms with Crippen LogP contribution in [0.5, 0.6) is 0 Å². The van der Waals surface area contributed by atoms with E-state index in [1.54, 1.807) is 0 Å². The first-order valence-electron chi connectivity index (χ1n) is 5.33. The molecular weight excluding hydrogens is 184 g/mol. The van der Waals surface area contributed by atoms with Crippen LogP contribution >= 0.6 is 0 Å². The summed E-state index contributed by atoms with van der Waals surface area (Å²) in [6.45, 7) is 7.11. The first-order valence-corrected chi connectivity index (χ1v) is 5.33. The monoisotopic (exact) mass is 202 g/mol. The molecule has 0 saturated carbocycles. The number of benzene rings is 1. The van der Waals surface area contributed by atoms with Crippen LogP contribution in [0.2, 0.25) is 0 Å². The standard InChI is InChI=1S/C13H18N2/c1-10-5-4-6-12-11(10)7-8-15(12)13(2,3)9-14/h4-8H,9,14H2,1-3H3. The van der Waals surface area contributed by atoms with Crippen molar-refractivity contribution in [2.45, 2.75) is 26.3 Å². The number of nitrogens with two attached hydrogens (primary N) is 1. The van der Waals surface area contributed by atoms with E-state index in [0.717, 1.165) is 0 Å². The van der Waals surface area contributed by atoms with Crippen LogP contribution in [-0.4, -0.2) is 11.1 Å². The van der Waals surface area contributed by atoms with E-state index in [1.165, 1.54) is 16.5 Å². The van der Waals surface area contributed by atoms with E-state index >= 15 is 0 Å². The first kappa shape index (κ1) is 10.2. The SMILES string of the molecule is Cc1cccc2c1ccn2C(C)(C)CN. The van der Waals surface area contributed by atoms with E-state index in [9.17, 15) is 0 Å². The zero-order valence-electron chi connectivity index (χ0n) is 9.62. The maximum atomic E-state index is 5.81. The van der Waals surface area contributed by atoms with Crippen molar-refractivity contribution in [2.75, 3.05) is 6.54 Å². The fraction of sp³-hybridized carbons (Fsp3) is 0.385. The van der Waals surface area contributed by atoms with Crippen LogP contribution in [0.1, 0.15) is 19.4 Å². The molecule has 0 aliphatic heterocycles. The molecule has 2 aromatic rings. The zero-order chi connectivity index (χ0) is 11.1. The Morgan fingerprint density at radius 3 is 2.67 bits per heavy atom. The molecule has 1 aromatic carbocycles. The lowest BCUT2D eigenvalue weighted by Crippen LogP contribution is -2.34. The Hall–Kier alpha value is -1.28. The van der Waals surface area contributed by atoms with Crippen molar-refractivity contribution < 1.29 is 0 Å². The van der Waals surface area contributed by atoms with Gasteiger partial charge in [0.1, 0.15) is 0 Å². The Morgan fingerprint density at radius 2 is 2.00 bits per heavy atom. The molecule has 1 aromatic heterocycles. The molecule has 2 nitrogen and oxygen atoms in total. The molecule has 0 spiro atoms. The third-order valence-electron chi connectivity index (χ3n) is 3.10. The first-order chi connectivity index (χ1) is 7.06. The lowest BCUT2D eigenvalue weighted by atomic mass is 10.1. The maximum Gasteiger partial charge on any atom is 0.0511 e. The second-order valence-electron chi connectivity index (χ2n) is 4.71. The molecule has 0 unspecified atom stereocenters. The number of aromatic nitrogens is 1. The lowest BCUT2D eigenvalue weighted by Gasteiger charge is -2.26. The number of hydrogen-bond acceptors (Lipinski definition) is 1. The molecule has 0 aliphatic carbocycles. The summed E-state index contributed by atoms with van der Waals surface area (Å²) in [4.78, 5) is 0. The summed E-state index contributed by atoms with van der Waals surface area (Å²) >= 11 is 0. The number of nitrogens with zero attached hydrogens (tertiary/aromatic N) is 1. The summed E-state index contributed by atoms with van der Waals surface area (Å²) < 4.78 is 2.26. The fourth-order valence-corrected chi connectivity index (χ4v) is 1.95. The van der Waals surface area contributed by atoms with E-state index in [4.69, 9.17) is 5.73 Å². The van der Waals surface area contributed by atoms with E-state index in [-0.39, 0.29) is 5.54 Å².